The lowest BCUT2D eigenvalue weighted by Crippen LogP contribution is -2.68. The van der Waals surface area contributed by atoms with Crippen LogP contribution in [-0.4, -0.2) is 278 Å². The Morgan fingerprint density at radius 3 is 1.80 bits per heavy atom. The fourth-order valence-corrected chi connectivity index (χ4v) is 18.1. The second-order valence-electron chi connectivity index (χ2n) is 32.2. The zero-order chi connectivity index (χ0) is 79.4. The summed E-state index contributed by atoms with van der Waals surface area (Å²) in [5.41, 5.74) is -1.61. The van der Waals surface area contributed by atoms with Crippen LogP contribution < -0.4 is 16.0 Å². The third-order valence-corrected chi connectivity index (χ3v) is 25.1. The zero-order valence-electron chi connectivity index (χ0n) is 64.6. The van der Waals surface area contributed by atoms with Gasteiger partial charge in [-0.05, 0) is 152 Å². The number of nitrogens with zero attached hydrogens (tertiary/aromatic N) is 8. The van der Waals surface area contributed by atoms with Crippen LogP contribution in [0.15, 0.2) is 12.2 Å². The molecule has 7 fully saturated rings. The molecule has 3 aliphatic heterocycles. The summed E-state index contributed by atoms with van der Waals surface area (Å²) in [5, 5.41) is 8.49. The van der Waals surface area contributed by atoms with Crippen molar-refractivity contribution in [1.82, 2.24) is 55.1 Å². The Kier molecular flexibility index (Phi) is 30.6. The number of nitrogens with one attached hydrogen (secondary N) is 3. The minimum absolute atomic E-state index is 0.00467. The molecule has 2 unspecified atom stereocenters. The Bertz CT molecular complexity index is 3170. The number of carbonyl (C=O) groups is 11. The summed E-state index contributed by atoms with van der Waals surface area (Å²) in [4.78, 5) is 177. The van der Waals surface area contributed by atoms with E-state index in [1.54, 1.807) is 44.9 Å². The van der Waals surface area contributed by atoms with E-state index in [0.717, 1.165) is 51.7 Å². The van der Waals surface area contributed by atoms with Crippen LogP contribution >= 0.6 is 0 Å². The molecule has 3 N–H and O–H groups in total. The minimum atomic E-state index is -5.21. The largest absolute Gasteiger partial charge is 0.397 e. The standard InChI is InChI=1S/C76H117F8N11O13/c1-11-45(3)64-71(104)89(5)43-62(98)90(6)55-26-17-14-20-35-94(70(55)103)58(38-46-27-30-50(31-28-46)75(79,80)81)69(102)88(4)42-60(96)85-54(32-29-47-36-52(77)63(53(78)37-47)76(82,83)84)68(101)95-41-51(108-12-2)39-57(95)67(100)87-74(33-21-34-74)73(106)93(9)65(49-24-18-19-25-49)72(105)92(8)56(48-22-15-13-16-23-48)40-61(97)91(7)59(44-107-10)66(99)86-64/h14,17,45-59,63-65H,11-13,15-16,18-44H2,1-10H3,(H,85,96)(H,86,99)(H,87,100)/b17-14-/t45-,46?,47?,50?,51+,52?,53?,54-,55-,56-,57-,58-,59-,63?,64-,65-/m0/s1. The van der Waals surface area contributed by atoms with E-state index in [9.17, 15) is 45.5 Å². The van der Waals surface area contributed by atoms with Crippen molar-refractivity contribution in [3.63, 3.8) is 0 Å². The van der Waals surface area contributed by atoms with Gasteiger partial charge >= 0.3 is 12.4 Å². The van der Waals surface area contributed by atoms with Crippen molar-refractivity contribution in [3.8, 4) is 0 Å². The van der Waals surface area contributed by atoms with Gasteiger partial charge in [-0.15, -0.1) is 0 Å². The molecule has 24 nitrogen and oxygen atoms in total. The van der Waals surface area contributed by atoms with Gasteiger partial charge in [0.1, 0.15) is 66.1 Å². The summed E-state index contributed by atoms with van der Waals surface area (Å²) in [6.07, 6.45) is -8.13. The first-order valence-electron chi connectivity index (χ1n) is 39.2. The summed E-state index contributed by atoms with van der Waals surface area (Å²) in [6, 6.07) is -10.4. The van der Waals surface area contributed by atoms with Gasteiger partial charge in [-0.2, -0.15) is 26.3 Å². The third-order valence-electron chi connectivity index (χ3n) is 25.1. The van der Waals surface area contributed by atoms with Gasteiger partial charge in [0, 0.05) is 88.0 Å². The highest BCUT2D eigenvalue weighted by molar-refractivity contribution is 6.00. The molecule has 108 heavy (non-hydrogen) atoms. The molecule has 5 aliphatic carbocycles. The van der Waals surface area contributed by atoms with Gasteiger partial charge in [0.25, 0.3) is 0 Å². The number of hydrogen-bond acceptors (Lipinski definition) is 13. The Hall–Kier alpha value is -6.73. The maximum absolute atomic E-state index is 15.7. The minimum Gasteiger partial charge on any atom is -0.382 e. The van der Waals surface area contributed by atoms with Crippen molar-refractivity contribution in [2.45, 2.75) is 272 Å². The lowest BCUT2D eigenvalue weighted by atomic mass is 9.74. The monoisotopic (exact) mass is 1540 g/mol. The Morgan fingerprint density at radius 1 is 0.593 bits per heavy atom. The average Bonchev–Trinajstić information content (AvgIpc) is 1.49. The summed E-state index contributed by atoms with van der Waals surface area (Å²) in [5.74, 6) is -15.4. The molecule has 32 heteroatoms. The molecule has 11 amide bonds. The summed E-state index contributed by atoms with van der Waals surface area (Å²) in [7, 11) is 9.82. The van der Waals surface area contributed by atoms with Crippen LogP contribution in [0, 0.1) is 41.4 Å². The first-order chi connectivity index (χ1) is 51.0. The SMILES string of the molecule is CCO[C@@H]1C[C@H]2C(=O)NC3(CCC3)C(=O)N(C)[C@@H](C3CCCC3)C(=O)N(C)[C@H](C3CCCCC3)CC(=O)N(C)[C@@H](COC)C(=O)N[C@@H]([C@@H](C)CC)C(=O)N(C)CC(=O)N(C)[C@H]3C/C=C\CCN(C3=O)[C@@H](CC3CCC(C(F)(F)F)CC3)C(=O)N(C)CC(=O)N[C@@H](CCC3CC(F)C(C(F)(F)F)C(F)C3)C(=O)N2C1. The van der Waals surface area contributed by atoms with Crippen LogP contribution in [0.1, 0.15) is 188 Å². The maximum atomic E-state index is 15.7. The smallest absolute Gasteiger partial charge is 0.382 e. The number of likely N-dealkylation sites (N-methyl/N-ethyl adjacent to an activating group) is 6. The summed E-state index contributed by atoms with van der Waals surface area (Å²) < 4.78 is 127. The molecular formula is C76H117F8N11O13. The highest BCUT2D eigenvalue weighted by Gasteiger charge is 2.56. The number of fused-ring (bicyclic) bond motifs is 3. The number of rotatable bonds is 13. The van der Waals surface area contributed by atoms with Crippen molar-refractivity contribution < 1.29 is 97.3 Å². The molecule has 2 bridgehead atoms. The van der Waals surface area contributed by atoms with E-state index in [-0.39, 0.29) is 115 Å². The van der Waals surface area contributed by atoms with Crippen LogP contribution in [0.4, 0.5) is 35.1 Å². The number of methoxy groups -OCH3 is 1. The van der Waals surface area contributed by atoms with Crippen LogP contribution in [0.3, 0.4) is 0 Å². The van der Waals surface area contributed by atoms with E-state index in [0.29, 0.717) is 38.5 Å². The predicted octanol–water partition coefficient (Wildman–Crippen LogP) is 7.44. The second kappa shape index (κ2) is 38.0. The number of halogens is 8. The van der Waals surface area contributed by atoms with Crippen molar-refractivity contribution in [3.05, 3.63) is 12.2 Å². The van der Waals surface area contributed by atoms with Crippen molar-refractivity contribution >= 4 is 65.0 Å². The molecular weight excluding hydrogens is 1430 g/mol. The summed E-state index contributed by atoms with van der Waals surface area (Å²) in [6.45, 7) is 3.08. The van der Waals surface area contributed by atoms with Gasteiger partial charge in [-0.25, -0.2) is 8.78 Å². The molecule has 0 aromatic rings. The first kappa shape index (κ1) is 86.9. The average molecular weight is 1540 g/mol. The van der Waals surface area contributed by atoms with E-state index in [2.05, 4.69) is 16.0 Å². The maximum Gasteiger partial charge on any atom is 0.397 e. The molecule has 8 rings (SSSR count). The van der Waals surface area contributed by atoms with Crippen LogP contribution in [-0.2, 0) is 62.2 Å². The van der Waals surface area contributed by atoms with E-state index in [1.165, 1.54) is 57.0 Å². The molecule has 0 aromatic carbocycles. The topological polar surface area (TPSA) is 268 Å². The predicted molar refractivity (Wildman–Crippen MR) is 381 cm³/mol. The number of amides is 11. The van der Waals surface area contributed by atoms with E-state index in [4.69, 9.17) is 9.47 Å². The fourth-order valence-electron chi connectivity index (χ4n) is 18.1. The van der Waals surface area contributed by atoms with Crippen molar-refractivity contribution in [1.29, 1.82) is 0 Å². The van der Waals surface area contributed by atoms with Crippen LogP contribution in [0.25, 0.3) is 0 Å². The third kappa shape index (κ3) is 20.9. The molecule has 0 radical (unpaired) electrons. The normalized spacial score (nSPS) is 33.0. The van der Waals surface area contributed by atoms with Gasteiger partial charge in [-0.3, -0.25) is 52.7 Å². The molecule has 0 aromatic heterocycles. The molecule has 610 valence electrons. The highest BCUT2D eigenvalue weighted by atomic mass is 19.4. The Morgan fingerprint density at radius 2 is 1.21 bits per heavy atom. The first-order valence-corrected chi connectivity index (χ1v) is 39.2. The lowest BCUT2D eigenvalue weighted by molar-refractivity contribution is -0.219. The lowest BCUT2D eigenvalue weighted by Gasteiger charge is -2.47. The van der Waals surface area contributed by atoms with E-state index in [1.807, 2.05) is 0 Å². The van der Waals surface area contributed by atoms with Crippen molar-refractivity contribution in [2.24, 2.45) is 41.4 Å². The quantitative estimate of drug-likeness (QED) is 0.120. The van der Waals surface area contributed by atoms with E-state index >= 15 is 42.3 Å². The number of ether oxygens (including phenoxy) is 2. The van der Waals surface area contributed by atoms with Crippen molar-refractivity contribution in [2.75, 3.05) is 88.8 Å². The highest BCUT2D eigenvalue weighted by Crippen LogP contribution is 2.46. The van der Waals surface area contributed by atoms with Crippen LogP contribution in [0.2, 0.25) is 0 Å². The number of alkyl halides is 8. The second-order valence-corrected chi connectivity index (χ2v) is 32.2. The number of hydrogen-bond donors (Lipinski definition) is 3. The Balaban J connectivity index is 1.19. The zero-order valence-corrected chi connectivity index (χ0v) is 64.6. The van der Waals surface area contributed by atoms with Gasteiger partial charge in [-0.1, -0.05) is 64.5 Å². The molecule has 12 atom stereocenters. The molecule has 1 spiro atoms. The molecule has 5 saturated carbocycles. The van der Waals surface area contributed by atoms with Gasteiger partial charge in [0.15, 0.2) is 0 Å². The van der Waals surface area contributed by atoms with Gasteiger partial charge in [0.2, 0.25) is 65.0 Å². The number of carbonyl (C=O) groups excluding carboxylic acids is 11. The Labute approximate surface area is 629 Å². The summed E-state index contributed by atoms with van der Waals surface area (Å²) >= 11 is 0. The molecule has 3 heterocycles. The van der Waals surface area contributed by atoms with Gasteiger partial charge < -0.3 is 64.6 Å². The van der Waals surface area contributed by atoms with Gasteiger partial charge in [0.05, 0.1) is 31.7 Å². The fraction of sp³-hybridized carbons (Fsp3) is 0.829. The molecule has 8 aliphatic rings. The molecule has 2 saturated heterocycles. The van der Waals surface area contributed by atoms with E-state index < -0.39 is 212 Å². The van der Waals surface area contributed by atoms with Crippen LogP contribution in [0.5, 0.6) is 0 Å².